The zero-order valence-electron chi connectivity index (χ0n) is 14.4. The number of nitrogens with zero attached hydrogens (tertiary/aromatic N) is 5. The first-order valence-corrected chi connectivity index (χ1v) is 8.41. The number of methoxy groups -OCH3 is 1. The Labute approximate surface area is 153 Å². The lowest BCUT2D eigenvalue weighted by atomic mass is 10.1. The normalized spacial score (nSPS) is 10.6. The predicted octanol–water partition coefficient (Wildman–Crippen LogP) is 1.83. The van der Waals surface area contributed by atoms with E-state index in [1.807, 2.05) is 6.92 Å². The van der Waals surface area contributed by atoms with Crippen molar-refractivity contribution >= 4 is 29.3 Å². The molecule has 0 radical (unpaired) electrons. The molecule has 0 saturated heterocycles. The topological polar surface area (TPSA) is 112 Å². The van der Waals surface area contributed by atoms with Gasteiger partial charge in [-0.25, -0.2) is 9.48 Å². The highest BCUT2D eigenvalue weighted by atomic mass is 32.1. The molecule has 2 aromatic heterocycles. The molecule has 2 heterocycles. The number of hydrogen-bond donors (Lipinski definition) is 1. The van der Waals surface area contributed by atoms with Gasteiger partial charge in [-0.3, -0.25) is 4.79 Å². The molecule has 1 aromatic carbocycles. The summed E-state index contributed by atoms with van der Waals surface area (Å²) in [6.07, 6.45) is 0. The number of aromatic nitrogens is 5. The molecule has 0 bridgehead atoms. The number of anilines is 1. The number of amides is 1. The summed E-state index contributed by atoms with van der Waals surface area (Å²) in [6, 6.07) is 6.59. The van der Waals surface area contributed by atoms with Crippen LogP contribution in [-0.2, 0) is 11.3 Å². The Bertz CT molecular complexity index is 965. The highest BCUT2D eigenvalue weighted by Crippen LogP contribution is 2.18. The number of benzene rings is 1. The van der Waals surface area contributed by atoms with E-state index in [1.165, 1.54) is 7.11 Å². The molecule has 134 valence electrons. The molecule has 0 aliphatic rings. The number of ether oxygens (including phenoxy) is 1. The van der Waals surface area contributed by atoms with E-state index >= 15 is 0 Å². The molecule has 26 heavy (non-hydrogen) atoms. The molecule has 0 atom stereocenters. The van der Waals surface area contributed by atoms with Gasteiger partial charge in [0.2, 0.25) is 0 Å². The minimum Gasteiger partial charge on any atom is -0.465 e. The Hall–Kier alpha value is -3.14. The monoisotopic (exact) mass is 372 g/mol. The summed E-state index contributed by atoms with van der Waals surface area (Å²) in [5.41, 5.74) is 2.97. The minimum atomic E-state index is -0.534. The van der Waals surface area contributed by atoms with E-state index in [1.54, 1.807) is 35.9 Å². The van der Waals surface area contributed by atoms with Crippen molar-refractivity contribution in [3.8, 4) is 0 Å². The Kier molecular flexibility index (Phi) is 5.03. The first-order valence-electron chi connectivity index (χ1n) is 7.68. The Morgan fingerprint density at radius 1 is 1.23 bits per heavy atom. The average Bonchev–Trinajstić information content (AvgIpc) is 3.21. The van der Waals surface area contributed by atoms with Crippen LogP contribution < -0.4 is 5.32 Å². The molecule has 1 amide bonds. The second-order valence-corrected chi connectivity index (χ2v) is 6.00. The summed E-state index contributed by atoms with van der Waals surface area (Å²) in [5, 5.41) is 10.7. The lowest BCUT2D eigenvalue weighted by molar-refractivity contribution is 0.0602. The van der Waals surface area contributed by atoms with Crippen LogP contribution in [0, 0.1) is 13.8 Å². The Balaban J connectivity index is 1.82. The van der Waals surface area contributed by atoms with Gasteiger partial charge in [-0.1, -0.05) is 17.3 Å². The lowest BCUT2D eigenvalue weighted by Crippen LogP contribution is -2.17. The number of rotatable bonds is 5. The van der Waals surface area contributed by atoms with E-state index in [2.05, 4.69) is 24.4 Å². The summed E-state index contributed by atoms with van der Waals surface area (Å²) < 4.78 is 14.6. The Morgan fingerprint density at radius 3 is 2.69 bits per heavy atom. The number of nitrogens with one attached hydrogen (secondary N) is 1. The molecule has 0 aliphatic carbocycles. The zero-order valence-corrected chi connectivity index (χ0v) is 15.2. The van der Waals surface area contributed by atoms with Gasteiger partial charge in [0.25, 0.3) is 5.91 Å². The zero-order chi connectivity index (χ0) is 18.7. The van der Waals surface area contributed by atoms with E-state index in [9.17, 15) is 9.59 Å². The van der Waals surface area contributed by atoms with Crippen molar-refractivity contribution < 1.29 is 14.3 Å². The van der Waals surface area contributed by atoms with Gasteiger partial charge in [0.05, 0.1) is 53.7 Å². The molecule has 10 heteroatoms. The third kappa shape index (κ3) is 3.45. The highest BCUT2D eigenvalue weighted by Gasteiger charge is 2.20. The molecular weight excluding hydrogens is 356 g/mol. The summed E-state index contributed by atoms with van der Waals surface area (Å²) in [5.74, 6) is -0.994. The van der Waals surface area contributed by atoms with Gasteiger partial charge in [-0.15, -0.1) is 5.10 Å². The van der Waals surface area contributed by atoms with Gasteiger partial charge in [0.15, 0.2) is 5.69 Å². The van der Waals surface area contributed by atoms with Crippen molar-refractivity contribution in [2.24, 2.45) is 0 Å². The summed E-state index contributed by atoms with van der Waals surface area (Å²) in [7, 11) is 1.28. The molecule has 3 rings (SSSR count). The van der Waals surface area contributed by atoms with Crippen LogP contribution in [0.1, 0.15) is 37.9 Å². The van der Waals surface area contributed by atoms with E-state index in [4.69, 9.17) is 4.74 Å². The fourth-order valence-electron chi connectivity index (χ4n) is 2.32. The van der Waals surface area contributed by atoms with Crippen LogP contribution in [0.25, 0.3) is 0 Å². The summed E-state index contributed by atoms with van der Waals surface area (Å²) in [6.45, 7) is 3.99. The second kappa shape index (κ2) is 7.40. The first-order chi connectivity index (χ1) is 12.5. The highest BCUT2D eigenvalue weighted by molar-refractivity contribution is 6.99. The second-order valence-electron chi connectivity index (χ2n) is 5.47. The fraction of sp³-hybridized carbons (Fsp3) is 0.250. The van der Waals surface area contributed by atoms with Crippen LogP contribution in [0.5, 0.6) is 0 Å². The number of carbonyl (C=O) groups excluding carboxylic acids is 2. The number of carbonyl (C=O) groups is 2. The number of hydrogen-bond acceptors (Lipinski definition) is 8. The molecule has 9 nitrogen and oxygen atoms in total. The van der Waals surface area contributed by atoms with Gasteiger partial charge >= 0.3 is 5.97 Å². The van der Waals surface area contributed by atoms with Crippen LogP contribution in [0.4, 0.5) is 5.69 Å². The number of aryl methyl sites for hydroxylation is 1. The standard InChI is InChI=1S/C16H16N6O3S/c1-9-13(20-26-19-9)8-22-10(2)14(18-21-22)15(23)17-12-7-5-4-6-11(12)16(24)25-3/h4-7H,8H2,1-3H3,(H,17,23). The van der Waals surface area contributed by atoms with E-state index < -0.39 is 11.9 Å². The maximum absolute atomic E-state index is 12.6. The van der Waals surface area contributed by atoms with Crippen molar-refractivity contribution in [3.63, 3.8) is 0 Å². The van der Waals surface area contributed by atoms with E-state index in [0.29, 0.717) is 17.9 Å². The molecule has 0 saturated carbocycles. The third-order valence-corrected chi connectivity index (χ3v) is 4.48. The quantitative estimate of drug-likeness (QED) is 0.680. The molecule has 0 spiro atoms. The van der Waals surface area contributed by atoms with Gasteiger partial charge in [0, 0.05) is 0 Å². The van der Waals surface area contributed by atoms with Gasteiger partial charge < -0.3 is 10.1 Å². The van der Waals surface area contributed by atoms with Crippen molar-refractivity contribution in [2.45, 2.75) is 20.4 Å². The van der Waals surface area contributed by atoms with Crippen LogP contribution in [0.3, 0.4) is 0 Å². The molecule has 0 aliphatic heterocycles. The summed E-state index contributed by atoms with van der Waals surface area (Å²) >= 11 is 1.13. The third-order valence-electron chi connectivity index (χ3n) is 3.82. The van der Waals surface area contributed by atoms with Crippen molar-refractivity contribution in [3.05, 3.63) is 52.6 Å². The SMILES string of the molecule is COC(=O)c1ccccc1NC(=O)c1nnn(Cc2nsnc2C)c1C. The average molecular weight is 372 g/mol. The molecule has 0 unspecified atom stereocenters. The first kappa shape index (κ1) is 17.7. The molecule has 1 N–H and O–H groups in total. The minimum absolute atomic E-state index is 0.172. The van der Waals surface area contributed by atoms with Crippen molar-refractivity contribution in [2.75, 3.05) is 12.4 Å². The largest absolute Gasteiger partial charge is 0.465 e. The van der Waals surface area contributed by atoms with Gasteiger partial charge in [-0.2, -0.15) is 8.75 Å². The van der Waals surface area contributed by atoms with Gasteiger partial charge in [-0.05, 0) is 26.0 Å². The number of para-hydroxylation sites is 1. The fourth-order valence-corrected chi connectivity index (χ4v) is 2.87. The van der Waals surface area contributed by atoms with Crippen molar-refractivity contribution in [1.29, 1.82) is 0 Å². The van der Waals surface area contributed by atoms with Gasteiger partial charge in [0.1, 0.15) is 0 Å². The van der Waals surface area contributed by atoms with Crippen molar-refractivity contribution in [1.82, 2.24) is 23.7 Å². The smallest absolute Gasteiger partial charge is 0.339 e. The predicted molar refractivity (Wildman–Crippen MR) is 94.2 cm³/mol. The van der Waals surface area contributed by atoms with Crippen LogP contribution in [0.2, 0.25) is 0 Å². The van der Waals surface area contributed by atoms with E-state index in [-0.39, 0.29) is 11.3 Å². The number of esters is 1. The molecule has 3 aromatic rings. The lowest BCUT2D eigenvalue weighted by Gasteiger charge is -2.08. The maximum Gasteiger partial charge on any atom is 0.339 e. The maximum atomic E-state index is 12.6. The van der Waals surface area contributed by atoms with E-state index in [0.717, 1.165) is 23.1 Å². The van der Waals surface area contributed by atoms with Crippen LogP contribution in [-0.4, -0.2) is 42.7 Å². The Morgan fingerprint density at radius 2 is 2.00 bits per heavy atom. The molecule has 0 fully saturated rings. The van der Waals surface area contributed by atoms with Crippen LogP contribution >= 0.6 is 11.7 Å². The summed E-state index contributed by atoms with van der Waals surface area (Å²) in [4.78, 5) is 24.4. The molecular formula is C16H16N6O3S. The van der Waals surface area contributed by atoms with Crippen LogP contribution in [0.15, 0.2) is 24.3 Å².